The van der Waals surface area contributed by atoms with Crippen molar-refractivity contribution in [1.82, 2.24) is 18.7 Å². The minimum atomic E-state index is -0.834. The first kappa shape index (κ1) is 16.5. The zero-order valence-electron chi connectivity index (χ0n) is 14.6. The van der Waals surface area contributed by atoms with Crippen molar-refractivity contribution < 1.29 is 9.84 Å². The Balaban J connectivity index is 1.70. The van der Waals surface area contributed by atoms with Gasteiger partial charge in [0.1, 0.15) is 0 Å². The Bertz CT molecular complexity index is 909. The molecule has 0 radical (unpaired) electrons. The summed E-state index contributed by atoms with van der Waals surface area (Å²) in [6.07, 6.45) is 4.96. The Morgan fingerprint density at radius 3 is 2.72 bits per heavy atom. The number of rotatable bonds is 4. The van der Waals surface area contributed by atoms with Crippen molar-refractivity contribution in [3.63, 3.8) is 0 Å². The number of hydrogen-bond donors (Lipinski definition) is 1. The van der Waals surface area contributed by atoms with Gasteiger partial charge < -0.3 is 14.4 Å². The maximum absolute atomic E-state index is 13.0. The summed E-state index contributed by atoms with van der Waals surface area (Å²) in [5.74, 6) is 0.603. The smallest absolute Gasteiger partial charge is 0.332 e. The van der Waals surface area contributed by atoms with Crippen LogP contribution in [0.2, 0.25) is 0 Å². The van der Waals surface area contributed by atoms with Crippen molar-refractivity contribution in [1.29, 1.82) is 0 Å². The van der Waals surface area contributed by atoms with Gasteiger partial charge in [-0.3, -0.25) is 13.9 Å². The highest BCUT2D eigenvalue weighted by Gasteiger charge is 2.31. The Kier molecular flexibility index (Phi) is 3.84. The molecule has 2 aliphatic rings. The summed E-state index contributed by atoms with van der Waals surface area (Å²) in [6, 6.07) is 0. The molecule has 2 atom stereocenters. The van der Waals surface area contributed by atoms with Crippen molar-refractivity contribution >= 4 is 11.2 Å². The number of ether oxygens (including phenoxy) is 1. The van der Waals surface area contributed by atoms with E-state index in [1.165, 1.54) is 22.0 Å². The van der Waals surface area contributed by atoms with Crippen LogP contribution in [0, 0.1) is 5.92 Å². The second-order valence-electron chi connectivity index (χ2n) is 7.74. The van der Waals surface area contributed by atoms with Gasteiger partial charge in [0.2, 0.25) is 0 Å². The highest BCUT2D eigenvalue weighted by Crippen LogP contribution is 2.31. The van der Waals surface area contributed by atoms with Crippen LogP contribution in [-0.2, 0) is 24.9 Å². The first-order chi connectivity index (χ1) is 11.9. The summed E-state index contributed by atoms with van der Waals surface area (Å²) in [6.45, 7) is 2.92. The summed E-state index contributed by atoms with van der Waals surface area (Å²) < 4.78 is 10.2. The van der Waals surface area contributed by atoms with Gasteiger partial charge in [-0.2, -0.15) is 0 Å². The van der Waals surface area contributed by atoms with Gasteiger partial charge in [-0.15, -0.1) is 0 Å². The van der Waals surface area contributed by atoms with Crippen molar-refractivity contribution in [2.45, 2.75) is 57.4 Å². The second kappa shape index (κ2) is 5.81. The van der Waals surface area contributed by atoms with Crippen molar-refractivity contribution in [2.24, 2.45) is 13.0 Å². The highest BCUT2D eigenvalue weighted by molar-refractivity contribution is 5.69. The van der Waals surface area contributed by atoms with Gasteiger partial charge >= 0.3 is 5.69 Å². The van der Waals surface area contributed by atoms with Crippen LogP contribution in [0.1, 0.15) is 32.6 Å². The van der Waals surface area contributed by atoms with Crippen LogP contribution in [0.5, 0.6) is 0 Å². The number of aliphatic hydroxyl groups is 1. The summed E-state index contributed by atoms with van der Waals surface area (Å²) in [5.41, 5.74) is -0.609. The van der Waals surface area contributed by atoms with E-state index in [0.29, 0.717) is 29.9 Å². The first-order valence-electron chi connectivity index (χ1n) is 8.84. The molecule has 1 saturated carbocycles. The number of fused-ring (bicyclic) bond motifs is 1. The van der Waals surface area contributed by atoms with Crippen LogP contribution in [0.15, 0.2) is 15.9 Å². The molecule has 3 heterocycles. The molecule has 4 rings (SSSR count). The lowest BCUT2D eigenvalue weighted by Gasteiger charge is -2.33. The SMILES string of the molecule is Cn1c(=O)n(CC2CCC(C)(O)CO2)c(=O)c2c1ncn2CC1CC1. The Hall–Kier alpha value is -1.93. The third-order valence-electron chi connectivity index (χ3n) is 5.27. The van der Waals surface area contributed by atoms with Crippen LogP contribution >= 0.6 is 0 Å². The standard InChI is InChI=1S/C17H24N4O4/c1-17(24)6-5-12(25-9-17)8-21-15(22)13-14(19(2)16(21)23)18-10-20(13)7-11-3-4-11/h10-12,24H,3-9H2,1-2H3. The lowest BCUT2D eigenvalue weighted by molar-refractivity contribution is -0.113. The lowest BCUT2D eigenvalue weighted by Crippen LogP contribution is -2.46. The van der Waals surface area contributed by atoms with Crippen molar-refractivity contribution in [3.8, 4) is 0 Å². The highest BCUT2D eigenvalue weighted by atomic mass is 16.5. The van der Waals surface area contributed by atoms with E-state index < -0.39 is 5.60 Å². The van der Waals surface area contributed by atoms with Crippen molar-refractivity contribution in [2.75, 3.05) is 6.61 Å². The molecular formula is C17H24N4O4. The molecule has 1 aliphatic heterocycles. The zero-order chi connectivity index (χ0) is 17.8. The fraction of sp³-hybridized carbons (Fsp3) is 0.706. The number of imidazole rings is 1. The van der Waals surface area contributed by atoms with Gasteiger partial charge in [0.25, 0.3) is 5.56 Å². The zero-order valence-corrected chi connectivity index (χ0v) is 14.6. The molecule has 0 aromatic carbocycles. The molecule has 2 fully saturated rings. The van der Waals surface area contributed by atoms with Gasteiger partial charge in [0.05, 0.1) is 31.2 Å². The molecule has 2 aromatic heterocycles. The van der Waals surface area contributed by atoms with Gasteiger partial charge in [-0.1, -0.05) is 0 Å². The summed E-state index contributed by atoms with van der Waals surface area (Å²) in [4.78, 5) is 29.9. The van der Waals surface area contributed by atoms with E-state index in [4.69, 9.17) is 4.74 Å². The van der Waals surface area contributed by atoms with E-state index in [2.05, 4.69) is 4.98 Å². The average Bonchev–Trinajstić information content (AvgIpc) is 3.28. The largest absolute Gasteiger partial charge is 0.388 e. The quantitative estimate of drug-likeness (QED) is 0.854. The Labute approximate surface area is 144 Å². The third-order valence-corrected chi connectivity index (χ3v) is 5.27. The molecule has 8 nitrogen and oxygen atoms in total. The predicted molar refractivity (Wildman–Crippen MR) is 91.6 cm³/mol. The van der Waals surface area contributed by atoms with Crippen LogP contribution in [0.4, 0.5) is 0 Å². The topological polar surface area (TPSA) is 91.3 Å². The number of aryl methyl sites for hydroxylation is 1. The normalized spacial score (nSPS) is 27.1. The molecule has 1 aliphatic carbocycles. The number of hydrogen-bond acceptors (Lipinski definition) is 5. The second-order valence-corrected chi connectivity index (χ2v) is 7.74. The van der Waals surface area contributed by atoms with E-state index in [0.717, 1.165) is 6.54 Å². The fourth-order valence-corrected chi connectivity index (χ4v) is 3.47. The molecule has 8 heteroatoms. The molecule has 1 N–H and O–H groups in total. The third kappa shape index (κ3) is 3.04. The van der Waals surface area contributed by atoms with Crippen molar-refractivity contribution in [3.05, 3.63) is 27.2 Å². The minimum Gasteiger partial charge on any atom is -0.388 e. The lowest BCUT2D eigenvalue weighted by atomic mass is 9.96. The molecule has 0 amide bonds. The van der Waals surface area contributed by atoms with Crippen LogP contribution in [0.25, 0.3) is 11.2 Å². The van der Waals surface area contributed by atoms with E-state index >= 15 is 0 Å². The maximum atomic E-state index is 13.0. The maximum Gasteiger partial charge on any atom is 0.332 e. The van der Waals surface area contributed by atoms with Gasteiger partial charge in [-0.25, -0.2) is 9.78 Å². The molecule has 2 unspecified atom stereocenters. The Morgan fingerprint density at radius 2 is 2.08 bits per heavy atom. The minimum absolute atomic E-state index is 0.201. The Morgan fingerprint density at radius 1 is 1.32 bits per heavy atom. The van der Waals surface area contributed by atoms with E-state index in [9.17, 15) is 14.7 Å². The van der Waals surface area contributed by atoms with Crippen LogP contribution in [0.3, 0.4) is 0 Å². The molecule has 2 aromatic rings. The van der Waals surface area contributed by atoms with Gasteiger partial charge in [-0.05, 0) is 38.5 Å². The molecule has 0 spiro atoms. The fourth-order valence-electron chi connectivity index (χ4n) is 3.47. The number of nitrogens with zero attached hydrogens (tertiary/aromatic N) is 4. The molecule has 0 bridgehead atoms. The first-order valence-corrected chi connectivity index (χ1v) is 8.84. The molecule has 1 saturated heterocycles. The summed E-state index contributed by atoms with van der Waals surface area (Å²) in [7, 11) is 1.64. The van der Waals surface area contributed by atoms with Crippen LogP contribution < -0.4 is 11.2 Å². The monoisotopic (exact) mass is 348 g/mol. The molecular weight excluding hydrogens is 324 g/mol. The van der Waals surface area contributed by atoms with E-state index in [1.54, 1.807) is 20.3 Å². The number of aromatic nitrogens is 4. The van der Waals surface area contributed by atoms with Gasteiger partial charge in [0.15, 0.2) is 11.2 Å². The molecule has 136 valence electrons. The summed E-state index contributed by atoms with van der Waals surface area (Å²) >= 11 is 0. The van der Waals surface area contributed by atoms with E-state index in [1.807, 2.05) is 4.57 Å². The van der Waals surface area contributed by atoms with Gasteiger partial charge in [0, 0.05) is 13.6 Å². The van der Waals surface area contributed by atoms with E-state index in [-0.39, 0.29) is 30.5 Å². The summed E-state index contributed by atoms with van der Waals surface area (Å²) in [5, 5.41) is 9.98. The molecule has 25 heavy (non-hydrogen) atoms. The average molecular weight is 348 g/mol. The van der Waals surface area contributed by atoms with Crippen LogP contribution in [-0.4, -0.2) is 42.1 Å². The predicted octanol–water partition coefficient (Wildman–Crippen LogP) is 0.237.